The average Bonchev–Trinajstić information content (AvgIpc) is 3.56. The Balaban J connectivity index is 0.000000237. The molecule has 2 aromatic carbocycles. The smallest absolute Gasteiger partial charge is 0.294 e. The van der Waals surface area contributed by atoms with Crippen LogP contribution >= 0.6 is 0 Å². The summed E-state index contributed by atoms with van der Waals surface area (Å²) in [5.74, 6) is -0.0441. The van der Waals surface area contributed by atoms with Crippen LogP contribution in [0.15, 0.2) is 84.3 Å². The number of aliphatic hydroxyl groups excluding tert-OH is 1. The number of phenolic OH excluding ortho intramolecular Hbond substituents is 1. The highest BCUT2D eigenvalue weighted by Crippen LogP contribution is 2.19. The van der Waals surface area contributed by atoms with E-state index >= 15 is 0 Å². The molecular formula is C25H22N8O5S. The molecule has 0 spiro atoms. The lowest BCUT2D eigenvalue weighted by Gasteiger charge is -2.04. The molecule has 0 fully saturated rings. The summed E-state index contributed by atoms with van der Waals surface area (Å²) in [4.78, 5) is 13.2. The lowest BCUT2D eigenvalue weighted by molar-refractivity contribution is 0.269. The molecular weight excluding hydrogens is 524 g/mol. The summed E-state index contributed by atoms with van der Waals surface area (Å²) in [5, 5.41) is 31.4. The first kappa shape index (κ1) is 25.8. The minimum atomic E-state index is -4.13. The van der Waals surface area contributed by atoms with Gasteiger partial charge in [0.1, 0.15) is 5.75 Å². The van der Waals surface area contributed by atoms with Gasteiger partial charge in [-0.1, -0.05) is 17.3 Å². The number of hydrogen-bond acceptors (Lipinski definition) is 10. The zero-order valence-corrected chi connectivity index (χ0v) is 21.1. The Morgan fingerprint density at radius 1 is 0.974 bits per heavy atom. The van der Waals surface area contributed by atoms with Gasteiger partial charge in [-0.25, -0.2) is 14.6 Å². The predicted molar refractivity (Wildman–Crippen MR) is 140 cm³/mol. The van der Waals surface area contributed by atoms with Gasteiger partial charge in [0.15, 0.2) is 5.65 Å². The van der Waals surface area contributed by atoms with Crippen molar-refractivity contribution in [2.45, 2.75) is 18.0 Å². The van der Waals surface area contributed by atoms with Gasteiger partial charge < -0.3 is 10.2 Å². The van der Waals surface area contributed by atoms with Crippen LogP contribution in [0.25, 0.3) is 33.5 Å². The Morgan fingerprint density at radius 2 is 1.79 bits per heavy atom. The highest BCUT2D eigenvalue weighted by Gasteiger charge is 2.12. The van der Waals surface area contributed by atoms with Crippen LogP contribution in [0.1, 0.15) is 5.56 Å². The molecule has 4 aromatic heterocycles. The van der Waals surface area contributed by atoms with Crippen molar-refractivity contribution in [1.82, 2.24) is 39.7 Å². The molecule has 13 nitrogen and oxygen atoms in total. The zero-order chi connectivity index (χ0) is 27.4. The van der Waals surface area contributed by atoms with Gasteiger partial charge in [-0.05, 0) is 48.0 Å². The van der Waals surface area contributed by atoms with Crippen molar-refractivity contribution in [2.75, 3.05) is 6.61 Å². The van der Waals surface area contributed by atoms with E-state index in [1.165, 1.54) is 12.1 Å². The molecule has 0 saturated carbocycles. The van der Waals surface area contributed by atoms with E-state index in [2.05, 4.69) is 36.4 Å². The van der Waals surface area contributed by atoms with Crippen LogP contribution in [0.4, 0.5) is 0 Å². The largest absolute Gasteiger partial charge is 0.508 e. The van der Waals surface area contributed by atoms with Crippen molar-refractivity contribution >= 4 is 32.3 Å². The van der Waals surface area contributed by atoms with E-state index < -0.39 is 10.1 Å². The van der Waals surface area contributed by atoms with E-state index in [1.807, 2.05) is 30.5 Å². The molecule has 0 atom stereocenters. The monoisotopic (exact) mass is 546 g/mol. The van der Waals surface area contributed by atoms with Crippen molar-refractivity contribution < 1.29 is 23.2 Å². The van der Waals surface area contributed by atoms with E-state index in [0.717, 1.165) is 34.2 Å². The number of fused-ring (bicyclic) bond motifs is 2. The average molecular weight is 547 g/mol. The van der Waals surface area contributed by atoms with Crippen molar-refractivity contribution in [3.63, 3.8) is 0 Å². The first-order chi connectivity index (χ1) is 18.8. The third kappa shape index (κ3) is 6.04. The topological polar surface area (TPSA) is 182 Å². The first-order valence-corrected chi connectivity index (χ1v) is 13.0. The molecule has 4 heterocycles. The van der Waals surface area contributed by atoms with Crippen LogP contribution < -0.4 is 0 Å². The Hall–Kier alpha value is -4.79. The Bertz CT molecular complexity index is 1850. The summed E-state index contributed by atoms with van der Waals surface area (Å²) in [6, 6.07) is 14.7. The molecule has 0 saturated heterocycles. The number of benzene rings is 2. The number of aromatic nitrogens is 8. The quantitative estimate of drug-likeness (QED) is 0.261. The van der Waals surface area contributed by atoms with Crippen molar-refractivity contribution in [1.29, 1.82) is 0 Å². The summed E-state index contributed by atoms with van der Waals surface area (Å²) < 4.78 is 32.7. The Morgan fingerprint density at radius 3 is 2.56 bits per heavy atom. The number of pyridine rings is 1. The lowest BCUT2D eigenvalue weighted by Crippen LogP contribution is -2.03. The van der Waals surface area contributed by atoms with Crippen molar-refractivity contribution in [3.8, 4) is 17.0 Å². The van der Waals surface area contributed by atoms with Crippen LogP contribution in [-0.4, -0.2) is 69.5 Å². The second-order valence-electron chi connectivity index (χ2n) is 8.36. The molecule has 0 unspecified atom stereocenters. The molecule has 39 heavy (non-hydrogen) atoms. The number of hydrogen-bond donors (Lipinski definition) is 3. The molecule has 14 heteroatoms. The minimum absolute atomic E-state index is 0.0315. The van der Waals surface area contributed by atoms with Crippen LogP contribution in [0, 0.1) is 0 Å². The molecule has 0 amide bonds. The SMILES string of the molecule is O=S(=O)(O)c1ccc(O)cc1.OCCn1cc(-c2cnc3nnn(Cc4ccc5ncccc5c4)c3n2)cn1. The molecule has 6 aromatic rings. The summed E-state index contributed by atoms with van der Waals surface area (Å²) >= 11 is 0. The second kappa shape index (κ2) is 10.9. The van der Waals surface area contributed by atoms with Gasteiger partial charge in [-0.2, -0.15) is 13.5 Å². The molecule has 3 N–H and O–H groups in total. The van der Waals surface area contributed by atoms with Gasteiger partial charge in [0.05, 0.1) is 48.2 Å². The fourth-order valence-corrected chi connectivity index (χ4v) is 4.22. The van der Waals surface area contributed by atoms with Gasteiger partial charge >= 0.3 is 0 Å². The Labute approximate surface area is 221 Å². The number of rotatable bonds is 6. The minimum Gasteiger partial charge on any atom is -0.508 e. The van der Waals surface area contributed by atoms with E-state index in [1.54, 1.807) is 28.0 Å². The van der Waals surface area contributed by atoms with E-state index in [9.17, 15) is 8.42 Å². The standard InChI is InChI=1S/C19H16N8O.C6H6O4S/c28-7-6-26-12-15(9-22-26)17-10-21-18-19(23-17)27(25-24-18)11-13-3-4-16-14(8-13)2-1-5-20-16;7-5-1-3-6(4-2-5)11(8,9)10/h1-5,8-10,12,28H,6-7,11H2;1-4,7H,(H,8,9,10). The molecule has 0 bridgehead atoms. The summed E-state index contributed by atoms with van der Waals surface area (Å²) in [7, 11) is -4.13. The maximum absolute atomic E-state index is 10.4. The third-order valence-corrected chi connectivity index (χ3v) is 6.49. The van der Waals surface area contributed by atoms with Gasteiger partial charge in [0.2, 0.25) is 5.65 Å². The van der Waals surface area contributed by atoms with E-state index in [4.69, 9.17) is 14.8 Å². The Kier molecular flexibility index (Phi) is 7.23. The zero-order valence-electron chi connectivity index (χ0n) is 20.3. The molecule has 0 aliphatic carbocycles. The van der Waals surface area contributed by atoms with Crippen LogP contribution in [0.2, 0.25) is 0 Å². The number of aliphatic hydroxyl groups is 1. The fraction of sp³-hybridized carbons (Fsp3) is 0.120. The second-order valence-corrected chi connectivity index (χ2v) is 9.79. The number of aromatic hydroxyl groups is 1. The maximum atomic E-state index is 10.4. The summed E-state index contributed by atoms with van der Waals surface area (Å²) in [6.45, 7) is 0.999. The number of phenols is 1. The maximum Gasteiger partial charge on any atom is 0.294 e. The summed E-state index contributed by atoms with van der Waals surface area (Å²) in [5.41, 5.74) is 4.65. The van der Waals surface area contributed by atoms with Crippen LogP contribution in [0.5, 0.6) is 5.75 Å². The molecule has 6 rings (SSSR count). The third-order valence-electron chi connectivity index (χ3n) is 5.62. The van der Waals surface area contributed by atoms with Gasteiger partial charge in [-0.3, -0.25) is 14.2 Å². The predicted octanol–water partition coefficient (Wildman–Crippen LogP) is 2.31. The first-order valence-electron chi connectivity index (χ1n) is 11.6. The fourth-order valence-electron chi connectivity index (χ4n) is 3.74. The number of nitrogens with zero attached hydrogens (tertiary/aromatic N) is 8. The van der Waals surface area contributed by atoms with Crippen molar-refractivity contribution in [2.24, 2.45) is 0 Å². The molecule has 0 aliphatic heterocycles. The molecule has 0 aliphatic rings. The van der Waals surface area contributed by atoms with Gasteiger partial charge in [0.25, 0.3) is 10.1 Å². The highest BCUT2D eigenvalue weighted by molar-refractivity contribution is 7.85. The lowest BCUT2D eigenvalue weighted by atomic mass is 10.1. The highest BCUT2D eigenvalue weighted by atomic mass is 32.2. The normalized spacial score (nSPS) is 11.4. The van der Waals surface area contributed by atoms with Crippen LogP contribution in [0.3, 0.4) is 0 Å². The van der Waals surface area contributed by atoms with Gasteiger partial charge in [-0.15, -0.1) is 5.10 Å². The van der Waals surface area contributed by atoms with E-state index in [-0.39, 0.29) is 17.3 Å². The molecule has 0 radical (unpaired) electrons. The van der Waals surface area contributed by atoms with Gasteiger partial charge in [0, 0.05) is 23.3 Å². The molecule has 198 valence electrons. The summed E-state index contributed by atoms with van der Waals surface area (Å²) in [6.07, 6.45) is 6.97. The van der Waals surface area contributed by atoms with E-state index in [0.29, 0.717) is 30.1 Å². The van der Waals surface area contributed by atoms with Crippen LogP contribution in [-0.2, 0) is 23.2 Å². The van der Waals surface area contributed by atoms with Crippen molar-refractivity contribution in [3.05, 3.63) is 84.9 Å².